The van der Waals surface area contributed by atoms with Gasteiger partial charge in [0, 0.05) is 22.6 Å². The minimum Gasteiger partial charge on any atom is -0.337 e. The Balaban J connectivity index is 1.78. The van der Waals surface area contributed by atoms with Crippen molar-refractivity contribution in [3.63, 3.8) is 0 Å². The lowest BCUT2D eigenvalue weighted by Gasteiger charge is -2.07. The zero-order valence-electron chi connectivity index (χ0n) is 13.1. The maximum atomic E-state index is 9.60. The van der Waals surface area contributed by atoms with Crippen LogP contribution < -0.4 is 0 Å². The SMILES string of the molecule is N#C/C(=C/c1cccn1-c1ccc(Cl)cc1)c1nc2ccccc2[nH]1. The molecule has 0 saturated heterocycles. The number of aromatic nitrogens is 3. The average Bonchev–Trinajstić information content (AvgIpc) is 3.26. The van der Waals surface area contributed by atoms with Crippen LogP contribution in [0.2, 0.25) is 5.02 Å². The van der Waals surface area contributed by atoms with Gasteiger partial charge in [-0.2, -0.15) is 5.26 Å². The lowest BCUT2D eigenvalue weighted by Crippen LogP contribution is -1.95. The van der Waals surface area contributed by atoms with Crippen LogP contribution in [0, 0.1) is 11.3 Å². The molecule has 2 heterocycles. The van der Waals surface area contributed by atoms with Crippen LogP contribution in [0.4, 0.5) is 0 Å². The highest BCUT2D eigenvalue weighted by molar-refractivity contribution is 6.30. The van der Waals surface area contributed by atoms with Crippen molar-refractivity contribution in [1.29, 1.82) is 5.26 Å². The fourth-order valence-corrected chi connectivity index (χ4v) is 2.86. The second-order valence-electron chi connectivity index (χ2n) is 5.55. The smallest absolute Gasteiger partial charge is 0.149 e. The van der Waals surface area contributed by atoms with Crippen molar-refractivity contribution in [2.24, 2.45) is 0 Å². The maximum Gasteiger partial charge on any atom is 0.149 e. The van der Waals surface area contributed by atoms with E-state index in [-0.39, 0.29) is 0 Å². The molecule has 0 aliphatic rings. The van der Waals surface area contributed by atoms with Crippen LogP contribution in [-0.2, 0) is 0 Å². The van der Waals surface area contributed by atoms with Gasteiger partial charge in [0.1, 0.15) is 11.9 Å². The number of allylic oxidation sites excluding steroid dienone is 1. The molecular weight excluding hydrogens is 332 g/mol. The van der Waals surface area contributed by atoms with E-state index in [0.29, 0.717) is 16.4 Å². The van der Waals surface area contributed by atoms with Crippen molar-refractivity contribution in [2.45, 2.75) is 0 Å². The van der Waals surface area contributed by atoms with Crippen molar-refractivity contribution in [2.75, 3.05) is 0 Å². The molecule has 0 radical (unpaired) electrons. The normalized spacial score (nSPS) is 11.6. The summed E-state index contributed by atoms with van der Waals surface area (Å²) in [5.41, 5.74) is 4.09. The summed E-state index contributed by atoms with van der Waals surface area (Å²) in [5.74, 6) is 0.563. The minimum absolute atomic E-state index is 0.477. The van der Waals surface area contributed by atoms with Crippen molar-refractivity contribution in [1.82, 2.24) is 14.5 Å². The summed E-state index contributed by atoms with van der Waals surface area (Å²) in [4.78, 5) is 7.70. The fraction of sp³-hybridized carbons (Fsp3) is 0. The molecule has 1 N–H and O–H groups in total. The van der Waals surface area contributed by atoms with Gasteiger partial charge >= 0.3 is 0 Å². The molecule has 0 unspecified atom stereocenters. The molecule has 0 spiro atoms. The molecule has 4 rings (SSSR count). The van der Waals surface area contributed by atoms with E-state index in [1.54, 1.807) is 0 Å². The molecule has 0 aliphatic carbocycles. The first-order valence-electron chi connectivity index (χ1n) is 7.75. The molecule has 0 saturated carbocycles. The van der Waals surface area contributed by atoms with Crippen LogP contribution >= 0.6 is 11.6 Å². The zero-order chi connectivity index (χ0) is 17.2. The number of fused-ring (bicyclic) bond motifs is 1. The fourth-order valence-electron chi connectivity index (χ4n) is 2.73. The number of nitriles is 1. The quantitative estimate of drug-likeness (QED) is 0.527. The molecule has 0 fully saturated rings. The van der Waals surface area contributed by atoms with E-state index in [2.05, 4.69) is 16.0 Å². The second-order valence-corrected chi connectivity index (χ2v) is 5.99. The van der Waals surface area contributed by atoms with E-state index in [9.17, 15) is 5.26 Å². The Morgan fingerprint density at radius 2 is 1.88 bits per heavy atom. The highest BCUT2D eigenvalue weighted by Crippen LogP contribution is 2.22. The second kappa shape index (κ2) is 6.31. The van der Waals surface area contributed by atoms with Gasteiger partial charge in [-0.05, 0) is 54.6 Å². The summed E-state index contributed by atoms with van der Waals surface area (Å²) in [7, 11) is 0. The van der Waals surface area contributed by atoms with E-state index in [4.69, 9.17) is 11.6 Å². The number of hydrogen-bond donors (Lipinski definition) is 1. The van der Waals surface area contributed by atoms with E-state index < -0.39 is 0 Å². The van der Waals surface area contributed by atoms with Gasteiger partial charge in [-0.1, -0.05) is 23.7 Å². The van der Waals surface area contributed by atoms with E-state index >= 15 is 0 Å². The molecule has 2 aromatic heterocycles. The first kappa shape index (κ1) is 15.3. The summed E-state index contributed by atoms with van der Waals surface area (Å²) in [6.45, 7) is 0. The number of rotatable bonds is 3. The number of nitrogens with zero attached hydrogens (tertiary/aromatic N) is 3. The number of aromatic amines is 1. The van der Waals surface area contributed by atoms with Gasteiger partial charge in [0.2, 0.25) is 0 Å². The van der Waals surface area contributed by atoms with Gasteiger partial charge in [0.05, 0.1) is 16.6 Å². The monoisotopic (exact) mass is 344 g/mol. The van der Waals surface area contributed by atoms with Gasteiger partial charge in [-0.3, -0.25) is 0 Å². The Kier molecular flexibility index (Phi) is 3.85. The molecule has 4 nitrogen and oxygen atoms in total. The Morgan fingerprint density at radius 3 is 2.64 bits per heavy atom. The van der Waals surface area contributed by atoms with Gasteiger partial charge < -0.3 is 9.55 Å². The lowest BCUT2D eigenvalue weighted by molar-refractivity contribution is 1.06. The Hall–Kier alpha value is -3.29. The molecule has 0 atom stereocenters. The predicted molar refractivity (Wildman–Crippen MR) is 100 cm³/mol. The maximum absolute atomic E-state index is 9.60. The molecule has 120 valence electrons. The molecular formula is C20H13ClN4. The van der Waals surface area contributed by atoms with Crippen LogP contribution in [-0.4, -0.2) is 14.5 Å². The minimum atomic E-state index is 0.477. The van der Waals surface area contributed by atoms with Crippen molar-refractivity contribution in [3.8, 4) is 11.8 Å². The molecule has 0 amide bonds. The number of para-hydroxylation sites is 2. The Morgan fingerprint density at radius 1 is 1.08 bits per heavy atom. The van der Waals surface area contributed by atoms with Crippen molar-refractivity contribution < 1.29 is 0 Å². The largest absolute Gasteiger partial charge is 0.337 e. The number of benzene rings is 2. The van der Waals surface area contributed by atoms with Crippen molar-refractivity contribution >= 4 is 34.3 Å². The van der Waals surface area contributed by atoms with Gasteiger partial charge in [0.25, 0.3) is 0 Å². The average molecular weight is 345 g/mol. The Labute approximate surface area is 149 Å². The van der Waals surface area contributed by atoms with Gasteiger partial charge in [-0.15, -0.1) is 0 Å². The molecule has 2 aromatic carbocycles. The summed E-state index contributed by atoms with van der Waals surface area (Å²) in [6.07, 6.45) is 3.77. The Bertz CT molecular complexity index is 1080. The standard InChI is InChI=1S/C20H13ClN4/c21-15-7-9-16(10-8-15)25-11-3-4-17(25)12-14(13-22)20-23-18-5-1-2-6-19(18)24-20/h1-12H,(H,23,24)/b14-12-. The summed E-state index contributed by atoms with van der Waals surface area (Å²) in [6, 6.07) is 21.4. The number of H-pyrrole nitrogens is 1. The predicted octanol–water partition coefficient (Wildman–Crippen LogP) is 5.07. The first-order valence-corrected chi connectivity index (χ1v) is 8.12. The van der Waals surface area contributed by atoms with Crippen LogP contribution in [0.3, 0.4) is 0 Å². The highest BCUT2D eigenvalue weighted by atomic mass is 35.5. The van der Waals surface area contributed by atoms with Crippen LogP contribution in [0.5, 0.6) is 0 Å². The lowest BCUT2D eigenvalue weighted by atomic mass is 10.2. The number of hydrogen-bond acceptors (Lipinski definition) is 2. The van der Waals surface area contributed by atoms with E-state index in [1.807, 2.05) is 77.5 Å². The van der Waals surface area contributed by atoms with Crippen molar-refractivity contribution in [3.05, 3.63) is 83.4 Å². The van der Waals surface area contributed by atoms with Crippen LogP contribution in [0.25, 0.3) is 28.4 Å². The summed E-state index contributed by atoms with van der Waals surface area (Å²) >= 11 is 5.96. The highest BCUT2D eigenvalue weighted by Gasteiger charge is 2.09. The third-order valence-electron chi connectivity index (χ3n) is 3.94. The number of imidazole rings is 1. The number of halogens is 1. The van der Waals surface area contributed by atoms with Gasteiger partial charge in [0.15, 0.2) is 0 Å². The van der Waals surface area contributed by atoms with Crippen LogP contribution in [0.1, 0.15) is 11.5 Å². The van der Waals surface area contributed by atoms with E-state index in [1.165, 1.54) is 0 Å². The van der Waals surface area contributed by atoms with E-state index in [0.717, 1.165) is 22.4 Å². The van der Waals surface area contributed by atoms with Gasteiger partial charge in [-0.25, -0.2) is 4.98 Å². The molecule has 0 aliphatic heterocycles. The summed E-state index contributed by atoms with van der Waals surface area (Å²) < 4.78 is 2.00. The third-order valence-corrected chi connectivity index (χ3v) is 4.19. The summed E-state index contributed by atoms with van der Waals surface area (Å²) in [5, 5.41) is 10.3. The molecule has 25 heavy (non-hydrogen) atoms. The first-order chi connectivity index (χ1) is 12.2. The third kappa shape index (κ3) is 2.93. The van der Waals surface area contributed by atoms with Crippen LogP contribution in [0.15, 0.2) is 66.9 Å². The molecule has 0 bridgehead atoms. The zero-order valence-corrected chi connectivity index (χ0v) is 13.9. The topological polar surface area (TPSA) is 57.4 Å². The molecule has 5 heteroatoms. The number of nitrogens with one attached hydrogen (secondary N) is 1. The molecule has 4 aromatic rings.